The first-order chi connectivity index (χ1) is 9.58. The number of H-pyrrole nitrogens is 1. The van der Waals surface area contributed by atoms with Crippen molar-refractivity contribution >= 4 is 22.8 Å². The number of carbonyl (C=O) groups is 2. The summed E-state index contributed by atoms with van der Waals surface area (Å²) in [6.45, 7) is 2.29. The number of nitrogens with one attached hydrogen (secondary N) is 1. The van der Waals surface area contributed by atoms with E-state index in [-0.39, 0.29) is 11.9 Å². The first-order valence-electron chi connectivity index (χ1n) is 6.69. The van der Waals surface area contributed by atoms with E-state index in [9.17, 15) is 9.59 Å². The first-order valence-corrected chi connectivity index (χ1v) is 6.69. The molecule has 2 heterocycles. The number of amides is 1. The zero-order valence-electron chi connectivity index (χ0n) is 11.2. The summed E-state index contributed by atoms with van der Waals surface area (Å²) in [6, 6.07) is 9.23. The standard InChI is InChI=1S/C15H16N2O3/c1-9-11(15(19)20)6-7-17(9)14(18)13-8-10-4-2-3-5-12(10)16-13/h2-5,8-9,11,16H,6-7H2,1H3,(H,19,20). The molecule has 1 saturated heterocycles. The largest absolute Gasteiger partial charge is 0.481 e. The molecule has 0 aliphatic carbocycles. The number of hydrogen-bond acceptors (Lipinski definition) is 2. The lowest BCUT2D eigenvalue weighted by Crippen LogP contribution is -2.37. The third-order valence-corrected chi connectivity index (χ3v) is 4.09. The predicted octanol–water partition coefficient (Wildman–Crippen LogP) is 2.10. The van der Waals surface area contributed by atoms with Gasteiger partial charge in [0.25, 0.3) is 5.91 Å². The smallest absolute Gasteiger partial charge is 0.308 e. The molecular weight excluding hydrogens is 256 g/mol. The Hall–Kier alpha value is -2.30. The summed E-state index contributed by atoms with van der Waals surface area (Å²) in [4.78, 5) is 28.3. The van der Waals surface area contributed by atoms with Crippen LogP contribution in [-0.4, -0.2) is 39.5 Å². The molecule has 5 nitrogen and oxygen atoms in total. The highest BCUT2D eigenvalue weighted by Gasteiger charge is 2.38. The predicted molar refractivity (Wildman–Crippen MR) is 74.5 cm³/mol. The quantitative estimate of drug-likeness (QED) is 0.879. The normalized spacial score (nSPS) is 22.4. The number of carboxylic acid groups (broad SMARTS) is 1. The van der Waals surface area contributed by atoms with E-state index >= 15 is 0 Å². The minimum absolute atomic E-state index is 0.127. The lowest BCUT2D eigenvalue weighted by molar-refractivity contribution is -0.142. The Morgan fingerprint density at radius 2 is 2.10 bits per heavy atom. The van der Waals surface area contributed by atoms with Crippen molar-refractivity contribution in [3.8, 4) is 0 Å². The van der Waals surface area contributed by atoms with E-state index in [2.05, 4.69) is 4.98 Å². The number of nitrogens with zero attached hydrogens (tertiary/aromatic N) is 1. The summed E-state index contributed by atoms with van der Waals surface area (Å²) in [5.74, 6) is -1.43. The number of hydrogen-bond donors (Lipinski definition) is 2. The number of carbonyl (C=O) groups excluding carboxylic acids is 1. The maximum Gasteiger partial charge on any atom is 0.308 e. The Labute approximate surface area is 116 Å². The van der Waals surface area contributed by atoms with Crippen LogP contribution in [0.2, 0.25) is 0 Å². The SMILES string of the molecule is CC1C(C(=O)O)CCN1C(=O)c1cc2ccccc2[nH]1. The van der Waals surface area contributed by atoms with Gasteiger partial charge in [-0.05, 0) is 25.5 Å². The molecule has 2 aromatic rings. The molecular formula is C15H16N2O3. The number of para-hydroxylation sites is 1. The van der Waals surface area contributed by atoms with Crippen LogP contribution < -0.4 is 0 Å². The van der Waals surface area contributed by atoms with Crippen molar-refractivity contribution < 1.29 is 14.7 Å². The van der Waals surface area contributed by atoms with E-state index < -0.39 is 11.9 Å². The molecule has 1 fully saturated rings. The Bertz CT molecular complexity index is 644. The van der Waals surface area contributed by atoms with Crippen molar-refractivity contribution in [3.05, 3.63) is 36.0 Å². The van der Waals surface area contributed by atoms with Gasteiger partial charge in [0.15, 0.2) is 0 Å². The summed E-state index contributed by atoms with van der Waals surface area (Å²) >= 11 is 0. The van der Waals surface area contributed by atoms with Gasteiger partial charge in [0.1, 0.15) is 5.69 Å². The lowest BCUT2D eigenvalue weighted by atomic mass is 10.0. The fourth-order valence-electron chi connectivity index (χ4n) is 2.90. The highest BCUT2D eigenvalue weighted by molar-refractivity contribution is 5.98. The maximum atomic E-state index is 12.5. The number of rotatable bonds is 2. The molecule has 1 aromatic carbocycles. The number of aromatic amines is 1. The number of aliphatic carboxylic acids is 1. The van der Waals surface area contributed by atoms with Gasteiger partial charge in [-0.3, -0.25) is 9.59 Å². The van der Waals surface area contributed by atoms with Gasteiger partial charge in [0.05, 0.1) is 5.92 Å². The van der Waals surface area contributed by atoms with E-state index in [0.717, 1.165) is 10.9 Å². The van der Waals surface area contributed by atoms with Crippen molar-refractivity contribution in [2.45, 2.75) is 19.4 Å². The summed E-state index contributed by atoms with van der Waals surface area (Å²) in [5.41, 5.74) is 1.43. The zero-order valence-corrected chi connectivity index (χ0v) is 11.2. The van der Waals surface area contributed by atoms with Crippen LogP contribution in [-0.2, 0) is 4.79 Å². The van der Waals surface area contributed by atoms with E-state index in [1.165, 1.54) is 0 Å². The van der Waals surface area contributed by atoms with Gasteiger partial charge in [-0.25, -0.2) is 0 Å². The van der Waals surface area contributed by atoms with E-state index in [4.69, 9.17) is 5.11 Å². The molecule has 104 valence electrons. The molecule has 2 N–H and O–H groups in total. The van der Waals surface area contributed by atoms with Crippen LogP contribution in [0.5, 0.6) is 0 Å². The molecule has 0 radical (unpaired) electrons. The van der Waals surface area contributed by atoms with Crippen LogP contribution in [0.1, 0.15) is 23.8 Å². The molecule has 2 atom stereocenters. The van der Waals surface area contributed by atoms with Gasteiger partial charge in [-0.1, -0.05) is 18.2 Å². The summed E-state index contributed by atoms with van der Waals surface area (Å²) in [6.07, 6.45) is 0.516. The van der Waals surface area contributed by atoms with Crippen LogP contribution in [0, 0.1) is 5.92 Å². The van der Waals surface area contributed by atoms with Crippen LogP contribution in [0.25, 0.3) is 10.9 Å². The molecule has 1 aromatic heterocycles. The molecule has 3 rings (SSSR count). The molecule has 2 unspecified atom stereocenters. The fourth-order valence-corrected chi connectivity index (χ4v) is 2.90. The van der Waals surface area contributed by atoms with Crippen molar-refractivity contribution in [2.75, 3.05) is 6.54 Å². The van der Waals surface area contributed by atoms with Gasteiger partial charge in [0, 0.05) is 23.5 Å². The highest BCUT2D eigenvalue weighted by Crippen LogP contribution is 2.26. The van der Waals surface area contributed by atoms with E-state index in [1.54, 1.807) is 11.8 Å². The average molecular weight is 272 g/mol. The first kappa shape index (κ1) is 12.7. The van der Waals surface area contributed by atoms with Gasteiger partial charge in [-0.15, -0.1) is 0 Å². The van der Waals surface area contributed by atoms with Gasteiger partial charge in [0.2, 0.25) is 0 Å². The van der Waals surface area contributed by atoms with Crippen molar-refractivity contribution in [1.29, 1.82) is 0 Å². The number of aromatic nitrogens is 1. The topological polar surface area (TPSA) is 73.4 Å². The monoisotopic (exact) mass is 272 g/mol. The van der Waals surface area contributed by atoms with Gasteiger partial charge >= 0.3 is 5.97 Å². The average Bonchev–Trinajstić information content (AvgIpc) is 3.01. The third kappa shape index (κ3) is 1.95. The second kappa shape index (κ2) is 4.67. The number of fused-ring (bicyclic) bond motifs is 1. The van der Waals surface area contributed by atoms with Gasteiger partial charge in [-0.2, -0.15) is 0 Å². The number of benzene rings is 1. The maximum absolute atomic E-state index is 12.5. The second-order valence-corrected chi connectivity index (χ2v) is 5.24. The van der Waals surface area contributed by atoms with E-state index in [1.807, 2.05) is 30.3 Å². The van der Waals surface area contributed by atoms with Crippen LogP contribution >= 0.6 is 0 Å². The lowest BCUT2D eigenvalue weighted by Gasteiger charge is -2.22. The summed E-state index contributed by atoms with van der Waals surface area (Å²) < 4.78 is 0. The van der Waals surface area contributed by atoms with Crippen molar-refractivity contribution in [2.24, 2.45) is 5.92 Å². The molecule has 1 amide bonds. The summed E-state index contributed by atoms with van der Waals surface area (Å²) in [5, 5.41) is 10.1. The summed E-state index contributed by atoms with van der Waals surface area (Å²) in [7, 11) is 0. The molecule has 0 spiro atoms. The van der Waals surface area contributed by atoms with Gasteiger partial charge < -0.3 is 15.0 Å². The van der Waals surface area contributed by atoms with Crippen LogP contribution in [0.3, 0.4) is 0 Å². The molecule has 20 heavy (non-hydrogen) atoms. The molecule has 0 saturated carbocycles. The van der Waals surface area contributed by atoms with Crippen molar-refractivity contribution in [1.82, 2.24) is 9.88 Å². The van der Waals surface area contributed by atoms with Crippen LogP contribution in [0.15, 0.2) is 30.3 Å². The van der Waals surface area contributed by atoms with E-state index in [0.29, 0.717) is 18.7 Å². The Kier molecular flexibility index (Phi) is 2.97. The second-order valence-electron chi connectivity index (χ2n) is 5.24. The molecule has 5 heteroatoms. The Morgan fingerprint density at radius 3 is 2.75 bits per heavy atom. The Balaban J connectivity index is 1.87. The van der Waals surface area contributed by atoms with Crippen molar-refractivity contribution in [3.63, 3.8) is 0 Å². The molecule has 1 aliphatic rings. The van der Waals surface area contributed by atoms with Crippen LogP contribution in [0.4, 0.5) is 0 Å². The minimum atomic E-state index is -0.829. The number of carboxylic acids is 1. The molecule has 0 bridgehead atoms. The Morgan fingerprint density at radius 1 is 1.35 bits per heavy atom. The third-order valence-electron chi connectivity index (χ3n) is 4.09. The minimum Gasteiger partial charge on any atom is -0.481 e. The highest BCUT2D eigenvalue weighted by atomic mass is 16.4. The fraction of sp³-hybridized carbons (Fsp3) is 0.333. The molecule has 1 aliphatic heterocycles. The number of likely N-dealkylation sites (tertiary alicyclic amines) is 1. The zero-order chi connectivity index (χ0) is 14.3.